The van der Waals surface area contributed by atoms with Crippen LogP contribution in [-0.2, 0) is 14.3 Å². The zero-order valence-electron chi connectivity index (χ0n) is 9.51. The van der Waals surface area contributed by atoms with Crippen LogP contribution in [0.25, 0.3) is 0 Å². The molecule has 1 aliphatic heterocycles. The van der Waals surface area contributed by atoms with E-state index < -0.39 is 18.1 Å². The first kappa shape index (κ1) is 12.1. The SMILES string of the molecule is O=C(CC[C@@H]1NC(=O)OC1=O)Nc1ccccc1. The Balaban J connectivity index is 1.79. The van der Waals surface area contributed by atoms with Gasteiger partial charge in [-0.15, -0.1) is 0 Å². The average molecular weight is 248 g/mol. The molecule has 2 N–H and O–H groups in total. The van der Waals surface area contributed by atoms with Gasteiger partial charge in [-0.25, -0.2) is 9.59 Å². The van der Waals surface area contributed by atoms with E-state index in [1.54, 1.807) is 12.1 Å². The van der Waals surface area contributed by atoms with E-state index in [1.165, 1.54) is 0 Å². The minimum atomic E-state index is -0.756. The van der Waals surface area contributed by atoms with Crippen molar-refractivity contribution >= 4 is 23.7 Å². The molecule has 2 rings (SSSR count). The van der Waals surface area contributed by atoms with E-state index in [4.69, 9.17) is 0 Å². The summed E-state index contributed by atoms with van der Waals surface area (Å²) in [5.74, 6) is -0.845. The zero-order valence-corrected chi connectivity index (χ0v) is 9.51. The lowest BCUT2D eigenvalue weighted by molar-refractivity contribution is -0.135. The van der Waals surface area contributed by atoms with Gasteiger partial charge in [-0.3, -0.25) is 4.79 Å². The zero-order chi connectivity index (χ0) is 13.0. The van der Waals surface area contributed by atoms with Gasteiger partial charge < -0.3 is 15.4 Å². The summed E-state index contributed by atoms with van der Waals surface area (Å²) in [6.07, 6.45) is -0.397. The van der Waals surface area contributed by atoms with E-state index in [0.717, 1.165) is 0 Å². The normalized spacial score (nSPS) is 18.1. The van der Waals surface area contributed by atoms with Crippen LogP contribution in [0.5, 0.6) is 0 Å². The van der Waals surface area contributed by atoms with Crippen molar-refractivity contribution in [2.24, 2.45) is 0 Å². The molecule has 0 unspecified atom stereocenters. The summed E-state index contributed by atoms with van der Waals surface area (Å²) in [6, 6.07) is 8.28. The molecule has 1 saturated heterocycles. The van der Waals surface area contributed by atoms with E-state index in [2.05, 4.69) is 15.4 Å². The summed E-state index contributed by atoms with van der Waals surface area (Å²) in [5.41, 5.74) is 0.695. The van der Waals surface area contributed by atoms with Crippen molar-refractivity contribution in [2.75, 3.05) is 5.32 Å². The Labute approximate surface area is 103 Å². The third kappa shape index (κ3) is 3.07. The Bertz CT molecular complexity index is 472. The van der Waals surface area contributed by atoms with E-state index >= 15 is 0 Å². The summed E-state index contributed by atoms with van der Waals surface area (Å²) >= 11 is 0. The van der Waals surface area contributed by atoms with Crippen LogP contribution in [-0.4, -0.2) is 24.0 Å². The molecule has 2 amide bonds. The molecule has 1 aromatic rings. The molecule has 0 bridgehead atoms. The fourth-order valence-electron chi connectivity index (χ4n) is 1.60. The molecule has 1 aromatic carbocycles. The molecule has 1 heterocycles. The number of nitrogens with one attached hydrogen (secondary N) is 2. The van der Waals surface area contributed by atoms with Gasteiger partial charge in [0.05, 0.1) is 0 Å². The topological polar surface area (TPSA) is 84.5 Å². The maximum atomic E-state index is 11.6. The Hall–Kier alpha value is -2.37. The predicted molar refractivity (Wildman–Crippen MR) is 62.7 cm³/mol. The lowest BCUT2D eigenvalue weighted by Gasteiger charge is -2.06. The van der Waals surface area contributed by atoms with Crippen molar-refractivity contribution in [2.45, 2.75) is 18.9 Å². The fourth-order valence-corrected chi connectivity index (χ4v) is 1.60. The van der Waals surface area contributed by atoms with Crippen LogP contribution in [0.15, 0.2) is 30.3 Å². The smallest absolute Gasteiger partial charge is 0.375 e. The second kappa shape index (κ2) is 5.31. The van der Waals surface area contributed by atoms with Crippen LogP contribution in [0.4, 0.5) is 10.5 Å². The molecular weight excluding hydrogens is 236 g/mol. The van der Waals surface area contributed by atoms with Crippen molar-refractivity contribution in [3.63, 3.8) is 0 Å². The van der Waals surface area contributed by atoms with Gasteiger partial charge in [-0.1, -0.05) is 18.2 Å². The van der Waals surface area contributed by atoms with Crippen LogP contribution >= 0.6 is 0 Å². The number of para-hydroxylation sites is 1. The number of cyclic esters (lactones) is 2. The Morgan fingerprint density at radius 1 is 1.28 bits per heavy atom. The molecule has 0 spiro atoms. The van der Waals surface area contributed by atoms with Crippen LogP contribution in [0.3, 0.4) is 0 Å². The van der Waals surface area contributed by atoms with Gasteiger partial charge in [0, 0.05) is 12.1 Å². The van der Waals surface area contributed by atoms with Gasteiger partial charge in [0.25, 0.3) is 0 Å². The summed E-state index contributed by atoms with van der Waals surface area (Å²) < 4.78 is 4.30. The molecule has 18 heavy (non-hydrogen) atoms. The van der Waals surface area contributed by atoms with Crippen molar-refractivity contribution in [3.8, 4) is 0 Å². The number of rotatable bonds is 4. The van der Waals surface area contributed by atoms with Crippen molar-refractivity contribution in [1.29, 1.82) is 0 Å². The third-order valence-corrected chi connectivity index (χ3v) is 2.49. The minimum absolute atomic E-state index is 0.134. The van der Waals surface area contributed by atoms with E-state index in [0.29, 0.717) is 5.69 Å². The number of benzene rings is 1. The molecular formula is C12H12N2O4. The maximum Gasteiger partial charge on any atom is 0.415 e. The second-order valence-electron chi connectivity index (χ2n) is 3.86. The molecule has 0 aliphatic carbocycles. The Morgan fingerprint density at radius 3 is 2.61 bits per heavy atom. The summed E-state index contributed by atoms with van der Waals surface area (Å²) in [6.45, 7) is 0. The van der Waals surface area contributed by atoms with Gasteiger partial charge >= 0.3 is 12.1 Å². The number of amides is 2. The largest absolute Gasteiger partial charge is 0.415 e. The second-order valence-corrected chi connectivity index (χ2v) is 3.86. The molecule has 6 heteroatoms. The van der Waals surface area contributed by atoms with Crippen LogP contribution < -0.4 is 10.6 Å². The first-order chi connectivity index (χ1) is 8.65. The van der Waals surface area contributed by atoms with Crippen molar-refractivity contribution in [3.05, 3.63) is 30.3 Å². The number of carbonyl (C=O) groups is 3. The molecule has 0 aromatic heterocycles. The molecule has 0 radical (unpaired) electrons. The maximum absolute atomic E-state index is 11.6. The number of carbonyl (C=O) groups excluding carboxylic acids is 3. The molecule has 1 aliphatic rings. The lowest BCUT2D eigenvalue weighted by Crippen LogP contribution is -2.30. The summed E-state index contributed by atoms with van der Waals surface area (Å²) in [7, 11) is 0. The number of esters is 1. The van der Waals surface area contributed by atoms with Crippen LogP contribution in [0.2, 0.25) is 0 Å². The van der Waals surface area contributed by atoms with Gasteiger partial charge in [0.2, 0.25) is 5.91 Å². The van der Waals surface area contributed by atoms with Crippen LogP contribution in [0.1, 0.15) is 12.8 Å². The van der Waals surface area contributed by atoms with E-state index in [-0.39, 0.29) is 18.7 Å². The Kier molecular flexibility index (Phi) is 3.57. The van der Waals surface area contributed by atoms with E-state index in [1.807, 2.05) is 18.2 Å². The quantitative estimate of drug-likeness (QED) is 0.616. The van der Waals surface area contributed by atoms with Gasteiger partial charge in [-0.2, -0.15) is 0 Å². The highest BCUT2D eigenvalue weighted by Gasteiger charge is 2.32. The average Bonchev–Trinajstić information content (AvgIpc) is 2.66. The fraction of sp³-hybridized carbons (Fsp3) is 0.250. The third-order valence-electron chi connectivity index (χ3n) is 2.49. The highest BCUT2D eigenvalue weighted by molar-refractivity contribution is 5.96. The van der Waals surface area contributed by atoms with Crippen molar-refractivity contribution < 1.29 is 19.1 Å². The van der Waals surface area contributed by atoms with E-state index in [9.17, 15) is 14.4 Å². The number of alkyl carbamates (subject to hydrolysis) is 1. The monoisotopic (exact) mass is 248 g/mol. The number of ether oxygens (including phenoxy) is 1. The molecule has 1 atom stereocenters. The van der Waals surface area contributed by atoms with Gasteiger partial charge in [0.15, 0.2) is 0 Å². The first-order valence-electron chi connectivity index (χ1n) is 5.52. The van der Waals surface area contributed by atoms with Gasteiger partial charge in [0.1, 0.15) is 6.04 Å². The molecule has 0 saturated carbocycles. The standard InChI is InChI=1S/C12H12N2O4/c15-10(13-8-4-2-1-3-5-8)7-6-9-11(16)18-12(17)14-9/h1-5,9H,6-7H2,(H,13,15)(H,14,17)/t9-/m0/s1. The summed E-state index contributed by atoms with van der Waals surface area (Å²) in [4.78, 5) is 33.4. The predicted octanol–water partition coefficient (Wildman–Crippen LogP) is 1.04. The highest BCUT2D eigenvalue weighted by Crippen LogP contribution is 2.09. The highest BCUT2D eigenvalue weighted by atomic mass is 16.6. The summed E-state index contributed by atoms with van der Waals surface area (Å²) in [5, 5.41) is 5.02. The number of anilines is 1. The molecule has 6 nitrogen and oxygen atoms in total. The first-order valence-corrected chi connectivity index (χ1v) is 5.52. The number of hydrogen-bond donors (Lipinski definition) is 2. The molecule has 94 valence electrons. The number of hydrogen-bond acceptors (Lipinski definition) is 4. The lowest BCUT2D eigenvalue weighted by atomic mass is 10.1. The minimum Gasteiger partial charge on any atom is -0.375 e. The van der Waals surface area contributed by atoms with Gasteiger partial charge in [-0.05, 0) is 18.6 Å². The molecule has 1 fully saturated rings. The van der Waals surface area contributed by atoms with Crippen molar-refractivity contribution in [1.82, 2.24) is 5.32 Å². The van der Waals surface area contributed by atoms with Crippen LogP contribution in [0, 0.1) is 0 Å². The Morgan fingerprint density at radius 2 is 2.00 bits per heavy atom.